The molecule has 4 aromatic rings. The first-order valence-electron chi connectivity index (χ1n) is 12.8. The van der Waals surface area contributed by atoms with E-state index in [1.807, 2.05) is 51.1 Å². The van der Waals surface area contributed by atoms with Crippen molar-refractivity contribution in [1.29, 1.82) is 0 Å². The lowest BCUT2D eigenvalue weighted by Crippen LogP contribution is -2.22. The summed E-state index contributed by atoms with van der Waals surface area (Å²) in [5, 5.41) is 5.85. The summed E-state index contributed by atoms with van der Waals surface area (Å²) in [6.45, 7) is 5.79. The molecule has 0 unspecified atom stereocenters. The average molecular weight is 523 g/mol. The Bertz CT molecular complexity index is 1550. The van der Waals surface area contributed by atoms with Crippen molar-refractivity contribution in [2.45, 2.75) is 39.2 Å². The molecule has 0 spiro atoms. The Kier molecular flexibility index (Phi) is 7.17. The van der Waals surface area contributed by atoms with Gasteiger partial charge in [0.1, 0.15) is 11.4 Å². The number of pyridine rings is 2. The standard InChI is InChI=1S/C30H30N6O3/c1-18-5-8-22(34-29(38)21-10-12-31-25(15-21)30(2,3)39-4)17-23(18)24-11-14-33-27(35-24)20-9-13-32-26(16-20)36-28(37)19-6-7-19/h5,8-17,19H,6-7H2,1-4H3,(H,34,38)(H,32,36,37). The number of hydrogen-bond acceptors (Lipinski definition) is 7. The van der Waals surface area contributed by atoms with Crippen LogP contribution in [-0.2, 0) is 15.1 Å². The first kappa shape index (κ1) is 26.1. The maximum Gasteiger partial charge on any atom is 0.255 e. The fraction of sp³-hybridized carbons (Fsp3) is 0.267. The maximum absolute atomic E-state index is 13.1. The van der Waals surface area contributed by atoms with Gasteiger partial charge in [-0.25, -0.2) is 15.0 Å². The Morgan fingerprint density at radius 2 is 1.69 bits per heavy atom. The minimum Gasteiger partial charge on any atom is -0.373 e. The third-order valence-electron chi connectivity index (χ3n) is 6.79. The van der Waals surface area contributed by atoms with E-state index in [-0.39, 0.29) is 17.7 Å². The highest BCUT2D eigenvalue weighted by Gasteiger charge is 2.29. The number of hydrogen-bond donors (Lipinski definition) is 2. The van der Waals surface area contributed by atoms with Gasteiger partial charge in [-0.05, 0) is 81.6 Å². The molecule has 1 aliphatic carbocycles. The molecule has 198 valence electrons. The highest BCUT2D eigenvalue weighted by atomic mass is 16.5. The van der Waals surface area contributed by atoms with Crippen LogP contribution in [0.15, 0.2) is 67.1 Å². The van der Waals surface area contributed by atoms with E-state index in [1.54, 1.807) is 43.9 Å². The van der Waals surface area contributed by atoms with Crippen LogP contribution in [0.1, 0.15) is 48.3 Å². The monoisotopic (exact) mass is 522 g/mol. The Hall–Kier alpha value is -4.50. The van der Waals surface area contributed by atoms with E-state index in [4.69, 9.17) is 9.72 Å². The van der Waals surface area contributed by atoms with Gasteiger partial charge in [0.2, 0.25) is 5.91 Å². The summed E-state index contributed by atoms with van der Waals surface area (Å²) >= 11 is 0. The molecule has 0 saturated heterocycles. The van der Waals surface area contributed by atoms with E-state index in [0.717, 1.165) is 29.5 Å². The largest absolute Gasteiger partial charge is 0.373 e. The number of carbonyl (C=O) groups is 2. The number of nitrogens with one attached hydrogen (secondary N) is 2. The molecule has 9 nitrogen and oxygen atoms in total. The molecule has 0 radical (unpaired) electrons. The fourth-order valence-corrected chi connectivity index (χ4v) is 4.04. The van der Waals surface area contributed by atoms with Crippen LogP contribution >= 0.6 is 0 Å². The van der Waals surface area contributed by atoms with Crippen LogP contribution in [0.4, 0.5) is 11.5 Å². The number of benzene rings is 1. The van der Waals surface area contributed by atoms with Crippen LogP contribution in [0, 0.1) is 12.8 Å². The average Bonchev–Trinajstić information content (AvgIpc) is 3.80. The van der Waals surface area contributed by atoms with Crippen LogP contribution in [-0.4, -0.2) is 38.9 Å². The molecule has 2 N–H and O–H groups in total. The number of aromatic nitrogens is 4. The molecular weight excluding hydrogens is 492 g/mol. The van der Waals surface area contributed by atoms with Gasteiger partial charge in [0.15, 0.2) is 5.82 Å². The molecule has 39 heavy (non-hydrogen) atoms. The molecule has 3 heterocycles. The summed E-state index contributed by atoms with van der Waals surface area (Å²) in [6.07, 6.45) is 6.78. The highest BCUT2D eigenvalue weighted by Crippen LogP contribution is 2.31. The quantitative estimate of drug-likeness (QED) is 0.318. The molecule has 0 bridgehead atoms. The van der Waals surface area contributed by atoms with Crippen molar-refractivity contribution in [2.24, 2.45) is 5.92 Å². The van der Waals surface area contributed by atoms with Gasteiger partial charge in [-0.1, -0.05) is 6.07 Å². The molecule has 3 aromatic heterocycles. The molecule has 1 fully saturated rings. The minimum absolute atomic E-state index is 0.00537. The number of ether oxygens (including phenoxy) is 1. The van der Waals surface area contributed by atoms with Crippen molar-refractivity contribution in [2.75, 3.05) is 17.7 Å². The Balaban J connectivity index is 1.38. The normalized spacial score (nSPS) is 13.1. The molecule has 9 heteroatoms. The zero-order valence-electron chi connectivity index (χ0n) is 22.4. The van der Waals surface area contributed by atoms with Crippen LogP contribution in [0.25, 0.3) is 22.6 Å². The Morgan fingerprint density at radius 1 is 0.923 bits per heavy atom. The maximum atomic E-state index is 13.1. The summed E-state index contributed by atoms with van der Waals surface area (Å²) in [5.74, 6) is 0.822. The lowest BCUT2D eigenvalue weighted by atomic mass is 10.0. The number of nitrogens with zero attached hydrogens (tertiary/aromatic N) is 4. The zero-order chi connectivity index (χ0) is 27.6. The second-order valence-corrected chi connectivity index (χ2v) is 10.1. The van der Waals surface area contributed by atoms with Gasteiger partial charge in [0.05, 0.1) is 11.4 Å². The number of carbonyl (C=O) groups excluding carboxylic acids is 2. The van der Waals surface area contributed by atoms with E-state index < -0.39 is 5.60 Å². The second kappa shape index (κ2) is 10.7. The third-order valence-corrected chi connectivity index (χ3v) is 6.79. The van der Waals surface area contributed by atoms with Crippen LogP contribution in [0.3, 0.4) is 0 Å². The van der Waals surface area contributed by atoms with Crippen molar-refractivity contribution in [3.63, 3.8) is 0 Å². The molecular formula is C30H30N6O3. The van der Waals surface area contributed by atoms with Crippen molar-refractivity contribution in [3.8, 4) is 22.6 Å². The highest BCUT2D eigenvalue weighted by molar-refractivity contribution is 6.04. The van der Waals surface area contributed by atoms with Crippen molar-refractivity contribution < 1.29 is 14.3 Å². The molecule has 1 aromatic carbocycles. The molecule has 1 saturated carbocycles. The van der Waals surface area contributed by atoms with Gasteiger partial charge in [-0.3, -0.25) is 14.6 Å². The van der Waals surface area contributed by atoms with Gasteiger partial charge >= 0.3 is 0 Å². The van der Waals surface area contributed by atoms with E-state index >= 15 is 0 Å². The lowest BCUT2D eigenvalue weighted by molar-refractivity contribution is -0.117. The SMILES string of the molecule is COC(C)(C)c1cc(C(=O)Nc2ccc(C)c(-c3ccnc(-c4ccnc(NC(=O)C5CC5)c4)n3)c2)ccn1. The predicted molar refractivity (Wildman–Crippen MR) is 149 cm³/mol. The van der Waals surface area contributed by atoms with Crippen LogP contribution < -0.4 is 10.6 Å². The number of aryl methyl sites for hydroxylation is 1. The molecule has 0 atom stereocenters. The van der Waals surface area contributed by atoms with Gasteiger partial charge in [-0.15, -0.1) is 0 Å². The minimum atomic E-state index is -0.615. The zero-order valence-corrected chi connectivity index (χ0v) is 22.4. The lowest BCUT2D eigenvalue weighted by Gasteiger charge is -2.22. The number of amides is 2. The topological polar surface area (TPSA) is 119 Å². The van der Waals surface area contributed by atoms with E-state index in [2.05, 4.69) is 25.6 Å². The Morgan fingerprint density at radius 3 is 2.46 bits per heavy atom. The fourth-order valence-electron chi connectivity index (χ4n) is 4.04. The van der Waals surface area contributed by atoms with Crippen molar-refractivity contribution in [3.05, 3.63) is 83.9 Å². The molecule has 2 amide bonds. The van der Waals surface area contributed by atoms with Gasteiger partial charge in [0.25, 0.3) is 5.91 Å². The van der Waals surface area contributed by atoms with E-state index in [0.29, 0.717) is 34.3 Å². The van der Waals surface area contributed by atoms with Crippen molar-refractivity contribution in [1.82, 2.24) is 19.9 Å². The van der Waals surface area contributed by atoms with Crippen molar-refractivity contribution >= 4 is 23.3 Å². The number of methoxy groups -OCH3 is 1. The first-order valence-corrected chi connectivity index (χ1v) is 12.8. The Labute approximate surface area is 227 Å². The molecule has 0 aliphatic heterocycles. The van der Waals surface area contributed by atoms with E-state index in [9.17, 15) is 9.59 Å². The van der Waals surface area contributed by atoms with Gasteiger partial charge < -0.3 is 15.4 Å². The summed E-state index contributed by atoms with van der Waals surface area (Å²) in [6, 6.07) is 14.5. The van der Waals surface area contributed by atoms with E-state index in [1.165, 1.54) is 0 Å². The molecule has 1 aliphatic rings. The summed E-state index contributed by atoms with van der Waals surface area (Å²) in [5.41, 5.74) is 4.49. The first-order chi connectivity index (χ1) is 18.7. The predicted octanol–water partition coefficient (Wildman–Crippen LogP) is 5.39. The van der Waals surface area contributed by atoms with Crippen LogP contribution in [0.2, 0.25) is 0 Å². The summed E-state index contributed by atoms with van der Waals surface area (Å²) in [4.78, 5) is 43.1. The number of rotatable bonds is 8. The summed E-state index contributed by atoms with van der Waals surface area (Å²) in [7, 11) is 1.61. The van der Waals surface area contributed by atoms with Crippen LogP contribution in [0.5, 0.6) is 0 Å². The summed E-state index contributed by atoms with van der Waals surface area (Å²) < 4.78 is 5.50. The van der Waals surface area contributed by atoms with Gasteiger partial charge in [0, 0.05) is 54.0 Å². The third kappa shape index (κ3) is 5.99. The second-order valence-electron chi connectivity index (χ2n) is 10.1. The van der Waals surface area contributed by atoms with Gasteiger partial charge in [-0.2, -0.15) is 0 Å². The number of anilines is 2. The molecule has 5 rings (SSSR count). The smallest absolute Gasteiger partial charge is 0.255 e.